The minimum Gasteiger partial charge on any atom is -0.744 e. The molecule has 0 aromatic heterocycles. The van der Waals surface area contributed by atoms with E-state index in [2.05, 4.69) is 0 Å². The fourth-order valence-corrected chi connectivity index (χ4v) is 3.06. The van der Waals surface area contributed by atoms with Crippen LogP contribution in [-0.2, 0) is 20.2 Å². The molecule has 1 aliphatic rings. The standard InChI is InChI=1S/C10H8N2O6S2.Na/c11-8-2-1-6-7(10(8)12)3-5(19(13,14)15)4-9(6)20(16,17)18;/h1-4,11-12H,(H,13,14,15)(H,16,17,18);/q;+1/p-1. The van der Waals surface area contributed by atoms with Crippen molar-refractivity contribution in [2.75, 3.05) is 0 Å². The molecule has 8 nitrogen and oxygen atoms in total. The summed E-state index contributed by atoms with van der Waals surface area (Å²) in [5.41, 5.74) is -1.08. The van der Waals surface area contributed by atoms with Gasteiger partial charge in [0.1, 0.15) is 15.0 Å². The maximum absolute atomic E-state index is 11.3. The first-order valence-corrected chi connectivity index (χ1v) is 7.84. The molecule has 0 heterocycles. The normalized spacial score (nSPS) is 14.6. The van der Waals surface area contributed by atoms with Crippen LogP contribution >= 0.6 is 0 Å². The van der Waals surface area contributed by atoms with Gasteiger partial charge in [-0.25, -0.2) is 8.42 Å². The van der Waals surface area contributed by atoms with E-state index < -0.39 is 35.7 Å². The molecule has 0 saturated carbocycles. The predicted molar refractivity (Wildman–Crippen MR) is 67.8 cm³/mol. The summed E-state index contributed by atoms with van der Waals surface area (Å²) in [4.78, 5) is -1.69. The number of fused-ring (bicyclic) bond motifs is 1. The summed E-state index contributed by atoms with van der Waals surface area (Å²) in [5, 5.41) is 15.1. The Hall–Kier alpha value is -0.880. The molecule has 1 aromatic rings. The Morgan fingerprint density at radius 2 is 1.62 bits per heavy atom. The van der Waals surface area contributed by atoms with Crippen LogP contribution < -0.4 is 29.6 Å². The average molecular weight is 338 g/mol. The second kappa shape index (κ2) is 5.72. The van der Waals surface area contributed by atoms with Crippen molar-refractivity contribution in [3.05, 3.63) is 29.3 Å². The Labute approximate surface area is 142 Å². The van der Waals surface area contributed by atoms with Crippen LogP contribution in [0.15, 0.2) is 28.0 Å². The van der Waals surface area contributed by atoms with Gasteiger partial charge in [-0.1, -0.05) is 6.08 Å². The van der Waals surface area contributed by atoms with Gasteiger partial charge in [0.2, 0.25) is 0 Å². The van der Waals surface area contributed by atoms with Crippen molar-refractivity contribution in [2.45, 2.75) is 9.79 Å². The maximum atomic E-state index is 11.3. The molecule has 106 valence electrons. The van der Waals surface area contributed by atoms with E-state index in [0.29, 0.717) is 6.07 Å². The molecule has 0 unspecified atom stereocenters. The number of rotatable bonds is 2. The van der Waals surface area contributed by atoms with Gasteiger partial charge in [-0.3, -0.25) is 15.4 Å². The third-order valence-corrected chi connectivity index (χ3v) is 4.34. The van der Waals surface area contributed by atoms with E-state index in [1.807, 2.05) is 0 Å². The van der Waals surface area contributed by atoms with Crippen molar-refractivity contribution in [1.82, 2.24) is 0 Å². The molecular weight excluding hydrogens is 331 g/mol. The Bertz CT molecular complexity index is 886. The summed E-state index contributed by atoms with van der Waals surface area (Å²) < 4.78 is 64.7. The van der Waals surface area contributed by atoms with E-state index in [-0.39, 0.29) is 46.4 Å². The van der Waals surface area contributed by atoms with Crippen molar-refractivity contribution in [3.63, 3.8) is 0 Å². The van der Waals surface area contributed by atoms with Gasteiger partial charge in [-0.2, -0.15) is 8.42 Å². The molecule has 3 N–H and O–H groups in total. The Morgan fingerprint density at radius 3 is 2.10 bits per heavy atom. The largest absolute Gasteiger partial charge is 1.00 e. The van der Waals surface area contributed by atoms with Crippen LogP contribution in [0.4, 0.5) is 0 Å². The van der Waals surface area contributed by atoms with Gasteiger partial charge in [0.25, 0.3) is 10.1 Å². The number of hydrogen-bond acceptors (Lipinski definition) is 7. The molecule has 21 heavy (non-hydrogen) atoms. The summed E-state index contributed by atoms with van der Waals surface area (Å²) in [6, 6.07) is 1.34. The quantitative estimate of drug-likeness (QED) is 0.392. The molecule has 1 aliphatic carbocycles. The minimum atomic E-state index is -4.98. The number of nitrogens with one attached hydrogen (secondary N) is 2. The van der Waals surface area contributed by atoms with Crippen LogP contribution in [0.2, 0.25) is 0 Å². The average Bonchev–Trinajstić information content (AvgIpc) is 2.30. The topological polar surface area (TPSA) is 159 Å². The molecular formula is C10H7N2NaO6S2. The first kappa shape index (κ1) is 18.2. The van der Waals surface area contributed by atoms with E-state index in [4.69, 9.17) is 15.4 Å². The molecule has 2 rings (SSSR count). The van der Waals surface area contributed by atoms with Crippen LogP contribution in [-0.4, -0.2) is 37.4 Å². The SMILES string of the molecule is N=C1C=Cc2c(cc(S(=O)(=O)[O-])cc2S(=O)(=O)O)C1=N.[Na+]. The van der Waals surface area contributed by atoms with E-state index in [1.54, 1.807) is 0 Å². The van der Waals surface area contributed by atoms with Crippen LogP contribution in [0, 0.1) is 10.8 Å². The van der Waals surface area contributed by atoms with Crippen molar-refractivity contribution < 1.29 is 55.5 Å². The summed E-state index contributed by atoms with van der Waals surface area (Å²) in [5.74, 6) is 0. The number of benzene rings is 1. The third kappa shape index (κ3) is 3.48. The van der Waals surface area contributed by atoms with Crippen molar-refractivity contribution in [3.8, 4) is 0 Å². The smallest absolute Gasteiger partial charge is 0.744 e. The molecule has 0 spiro atoms. The summed E-state index contributed by atoms with van der Waals surface area (Å²) in [6.45, 7) is 0. The molecule has 0 aliphatic heterocycles. The van der Waals surface area contributed by atoms with Gasteiger partial charge >= 0.3 is 29.6 Å². The Kier molecular flexibility index (Phi) is 4.95. The van der Waals surface area contributed by atoms with Gasteiger partial charge < -0.3 is 4.55 Å². The Morgan fingerprint density at radius 1 is 1.05 bits per heavy atom. The first-order chi connectivity index (χ1) is 9.01. The molecule has 0 saturated heterocycles. The van der Waals surface area contributed by atoms with Crippen molar-refractivity contribution >= 4 is 37.7 Å². The molecule has 11 heteroatoms. The van der Waals surface area contributed by atoms with Gasteiger partial charge in [0.05, 0.1) is 16.3 Å². The van der Waals surface area contributed by atoms with Crippen molar-refractivity contribution in [2.24, 2.45) is 0 Å². The van der Waals surface area contributed by atoms with E-state index in [9.17, 15) is 21.4 Å². The fourth-order valence-electron chi connectivity index (χ4n) is 1.73. The number of allylic oxidation sites excluding steroid dienone is 1. The molecule has 0 atom stereocenters. The minimum absolute atomic E-state index is 0. The first-order valence-electron chi connectivity index (χ1n) is 4.99. The molecule has 0 radical (unpaired) electrons. The van der Waals surface area contributed by atoms with Gasteiger partial charge in [0.15, 0.2) is 0 Å². The second-order valence-corrected chi connectivity index (χ2v) is 6.70. The number of hydrogen-bond donors (Lipinski definition) is 3. The zero-order valence-electron chi connectivity index (χ0n) is 10.6. The predicted octanol–water partition coefficient (Wildman–Crippen LogP) is -2.74. The molecule has 0 fully saturated rings. The molecule has 0 bridgehead atoms. The van der Waals surface area contributed by atoms with Crippen LogP contribution in [0.3, 0.4) is 0 Å². The van der Waals surface area contributed by atoms with E-state index in [1.165, 1.54) is 0 Å². The zero-order valence-corrected chi connectivity index (χ0v) is 14.2. The van der Waals surface area contributed by atoms with Crippen LogP contribution in [0.1, 0.15) is 11.1 Å². The van der Waals surface area contributed by atoms with Crippen molar-refractivity contribution in [1.29, 1.82) is 10.8 Å². The monoisotopic (exact) mass is 338 g/mol. The van der Waals surface area contributed by atoms with Gasteiger partial charge in [-0.15, -0.1) is 0 Å². The van der Waals surface area contributed by atoms with Gasteiger partial charge in [0, 0.05) is 11.1 Å². The maximum Gasteiger partial charge on any atom is 1.00 e. The van der Waals surface area contributed by atoms with Crippen LogP contribution in [0.25, 0.3) is 6.08 Å². The van der Waals surface area contributed by atoms with Crippen LogP contribution in [0.5, 0.6) is 0 Å². The second-order valence-electron chi connectivity index (χ2n) is 3.93. The summed E-state index contributed by atoms with van der Waals surface area (Å²) in [7, 11) is -9.77. The van der Waals surface area contributed by atoms with Gasteiger partial charge in [-0.05, 0) is 18.2 Å². The van der Waals surface area contributed by atoms with E-state index >= 15 is 0 Å². The summed E-state index contributed by atoms with van der Waals surface area (Å²) in [6.07, 6.45) is 2.28. The van der Waals surface area contributed by atoms with E-state index in [0.717, 1.165) is 18.2 Å². The summed E-state index contributed by atoms with van der Waals surface area (Å²) >= 11 is 0. The molecule has 1 aromatic carbocycles. The Balaban J connectivity index is 0.00000220. The zero-order chi connectivity index (χ0) is 15.3. The molecule has 0 amide bonds. The fraction of sp³-hybridized carbons (Fsp3) is 0. The third-order valence-electron chi connectivity index (χ3n) is 2.64.